The van der Waals surface area contributed by atoms with E-state index in [4.69, 9.17) is 4.74 Å². The van der Waals surface area contributed by atoms with E-state index < -0.39 is 11.6 Å². The lowest BCUT2D eigenvalue weighted by Gasteiger charge is -2.43. The fraction of sp³-hybridized carbons (Fsp3) is 0.571. The number of rotatable bonds is 5. The number of methoxy groups -OCH3 is 1. The number of imide groups is 1. The Hall–Kier alpha value is -2.57. The summed E-state index contributed by atoms with van der Waals surface area (Å²) in [5.41, 5.74) is -0.00689. The average molecular weight is 387 g/mol. The maximum atomic E-state index is 13.1. The highest BCUT2D eigenvalue weighted by Crippen LogP contribution is 2.46. The van der Waals surface area contributed by atoms with Crippen molar-refractivity contribution in [2.45, 2.75) is 52.1 Å². The summed E-state index contributed by atoms with van der Waals surface area (Å²) in [4.78, 5) is 38.9. The molecule has 28 heavy (non-hydrogen) atoms. The first kappa shape index (κ1) is 20.2. The molecule has 2 fully saturated rings. The maximum Gasteiger partial charge on any atom is 0.325 e. The van der Waals surface area contributed by atoms with E-state index in [1.807, 2.05) is 24.3 Å². The second-order valence-corrected chi connectivity index (χ2v) is 8.88. The number of amides is 4. The van der Waals surface area contributed by atoms with Crippen LogP contribution in [0.2, 0.25) is 0 Å². The number of carbonyl (C=O) groups excluding carboxylic acids is 3. The van der Waals surface area contributed by atoms with E-state index in [2.05, 4.69) is 31.4 Å². The predicted molar refractivity (Wildman–Crippen MR) is 105 cm³/mol. The summed E-state index contributed by atoms with van der Waals surface area (Å²) in [6.45, 7) is 6.40. The van der Waals surface area contributed by atoms with E-state index in [1.165, 1.54) is 0 Å². The molecule has 4 amide bonds. The van der Waals surface area contributed by atoms with Crippen LogP contribution in [0.1, 0.15) is 45.6 Å². The van der Waals surface area contributed by atoms with Crippen LogP contribution in [-0.2, 0) is 16.1 Å². The van der Waals surface area contributed by atoms with Gasteiger partial charge in [-0.05, 0) is 48.3 Å². The van der Waals surface area contributed by atoms with Crippen molar-refractivity contribution in [2.75, 3.05) is 13.7 Å². The number of benzene rings is 1. The smallest absolute Gasteiger partial charge is 0.325 e. The molecule has 0 unspecified atom stereocenters. The third kappa shape index (κ3) is 4.13. The molecule has 1 aliphatic carbocycles. The van der Waals surface area contributed by atoms with Crippen LogP contribution in [0.4, 0.5) is 4.79 Å². The summed E-state index contributed by atoms with van der Waals surface area (Å²) >= 11 is 0. The zero-order chi connectivity index (χ0) is 20.5. The minimum Gasteiger partial charge on any atom is -0.497 e. The second kappa shape index (κ2) is 7.45. The van der Waals surface area contributed by atoms with Crippen molar-refractivity contribution in [2.24, 2.45) is 11.3 Å². The summed E-state index contributed by atoms with van der Waals surface area (Å²) in [6.07, 6.45) is 2.23. The first-order valence-electron chi connectivity index (χ1n) is 9.68. The van der Waals surface area contributed by atoms with Crippen molar-refractivity contribution in [3.05, 3.63) is 29.8 Å². The molecular weight excluding hydrogens is 358 g/mol. The Morgan fingerprint density at radius 1 is 1.25 bits per heavy atom. The number of urea groups is 1. The van der Waals surface area contributed by atoms with Gasteiger partial charge in [0.1, 0.15) is 17.8 Å². The molecule has 1 spiro atoms. The molecule has 1 saturated carbocycles. The average Bonchev–Trinajstić information content (AvgIpc) is 2.82. The summed E-state index contributed by atoms with van der Waals surface area (Å²) in [7, 11) is 1.59. The van der Waals surface area contributed by atoms with Gasteiger partial charge in [0.05, 0.1) is 7.11 Å². The standard InChI is InChI=1S/C21H29N3O4/c1-14-9-20(2,3)13-21(10-14)18(26)24(19(27)23-21)12-17(25)22-11-15-5-7-16(28-4)8-6-15/h5-8,14H,9-13H2,1-4H3,(H,22,25)(H,23,27)/t14-,21-/m0/s1. The molecule has 1 saturated heterocycles. The normalized spacial score (nSPS) is 26.3. The van der Waals surface area contributed by atoms with Crippen LogP contribution in [-0.4, -0.2) is 41.9 Å². The predicted octanol–water partition coefficient (Wildman–Crippen LogP) is 2.45. The van der Waals surface area contributed by atoms with Gasteiger partial charge in [-0.15, -0.1) is 0 Å². The summed E-state index contributed by atoms with van der Waals surface area (Å²) in [5.74, 6) is 0.428. The molecule has 3 rings (SSSR count). The van der Waals surface area contributed by atoms with E-state index in [9.17, 15) is 14.4 Å². The molecule has 1 aliphatic heterocycles. The third-order valence-electron chi connectivity index (χ3n) is 5.57. The Morgan fingerprint density at radius 3 is 2.54 bits per heavy atom. The van der Waals surface area contributed by atoms with Crippen LogP contribution >= 0.6 is 0 Å². The van der Waals surface area contributed by atoms with E-state index in [0.717, 1.165) is 22.6 Å². The van der Waals surface area contributed by atoms with Gasteiger partial charge in [0.2, 0.25) is 5.91 Å². The second-order valence-electron chi connectivity index (χ2n) is 8.88. The molecule has 2 aliphatic rings. The number of nitrogens with zero attached hydrogens (tertiary/aromatic N) is 1. The highest BCUT2D eigenvalue weighted by Gasteiger charge is 2.56. The van der Waals surface area contributed by atoms with Gasteiger partial charge < -0.3 is 15.4 Å². The quantitative estimate of drug-likeness (QED) is 0.760. The summed E-state index contributed by atoms with van der Waals surface area (Å²) < 4.78 is 5.11. The van der Waals surface area contributed by atoms with Crippen molar-refractivity contribution < 1.29 is 19.1 Å². The minimum absolute atomic E-state index is 0.0345. The monoisotopic (exact) mass is 387 g/mol. The fourth-order valence-corrected chi connectivity index (χ4v) is 4.79. The molecule has 7 nitrogen and oxygen atoms in total. The highest BCUT2D eigenvalue weighted by atomic mass is 16.5. The lowest BCUT2D eigenvalue weighted by molar-refractivity contribution is -0.137. The van der Waals surface area contributed by atoms with Gasteiger partial charge in [0, 0.05) is 6.54 Å². The highest BCUT2D eigenvalue weighted by molar-refractivity contribution is 6.09. The molecule has 0 aromatic heterocycles. The first-order valence-corrected chi connectivity index (χ1v) is 9.68. The lowest BCUT2D eigenvalue weighted by atomic mass is 9.64. The molecule has 1 heterocycles. The Kier molecular flexibility index (Phi) is 5.37. The zero-order valence-corrected chi connectivity index (χ0v) is 17.0. The van der Waals surface area contributed by atoms with Gasteiger partial charge >= 0.3 is 6.03 Å². The Labute approximate surface area is 165 Å². The van der Waals surface area contributed by atoms with Gasteiger partial charge in [0.15, 0.2) is 0 Å². The van der Waals surface area contributed by atoms with Crippen molar-refractivity contribution in [3.8, 4) is 5.75 Å². The minimum atomic E-state index is -0.880. The number of nitrogens with one attached hydrogen (secondary N) is 2. The molecule has 152 valence electrons. The van der Waals surface area contributed by atoms with Crippen LogP contribution in [0.5, 0.6) is 5.75 Å². The Balaban J connectivity index is 1.61. The fourth-order valence-electron chi connectivity index (χ4n) is 4.79. The maximum absolute atomic E-state index is 13.1. The first-order chi connectivity index (χ1) is 13.1. The van der Waals surface area contributed by atoms with Crippen LogP contribution in [0, 0.1) is 11.3 Å². The molecule has 7 heteroatoms. The van der Waals surface area contributed by atoms with Gasteiger partial charge in [0.25, 0.3) is 5.91 Å². The van der Waals surface area contributed by atoms with Crippen LogP contribution in [0.3, 0.4) is 0 Å². The van der Waals surface area contributed by atoms with E-state index in [1.54, 1.807) is 7.11 Å². The Bertz CT molecular complexity index is 774. The molecule has 1 aromatic rings. The largest absolute Gasteiger partial charge is 0.497 e. The molecular formula is C21H29N3O4. The lowest BCUT2D eigenvalue weighted by Crippen LogP contribution is -2.54. The van der Waals surface area contributed by atoms with Gasteiger partial charge in [-0.3, -0.25) is 14.5 Å². The molecule has 0 bridgehead atoms. The zero-order valence-electron chi connectivity index (χ0n) is 17.0. The number of carbonyl (C=O) groups is 3. The van der Waals surface area contributed by atoms with Crippen LogP contribution in [0.25, 0.3) is 0 Å². The molecule has 0 radical (unpaired) electrons. The molecule has 2 N–H and O–H groups in total. The van der Waals surface area contributed by atoms with Gasteiger partial charge in [-0.1, -0.05) is 32.9 Å². The molecule has 1 aromatic carbocycles. The molecule has 2 atom stereocenters. The summed E-state index contributed by atoms with van der Waals surface area (Å²) in [6, 6.07) is 6.86. The summed E-state index contributed by atoms with van der Waals surface area (Å²) in [5, 5.41) is 5.66. The van der Waals surface area contributed by atoms with Crippen molar-refractivity contribution >= 4 is 17.8 Å². The van der Waals surface area contributed by atoms with Crippen molar-refractivity contribution in [1.29, 1.82) is 0 Å². The van der Waals surface area contributed by atoms with Crippen molar-refractivity contribution in [1.82, 2.24) is 15.5 Å². The third-order valence-corrected chi connectivity index (χ3v) is 5.57. The van der Waals surface area contributed by atoms with E-state index in [0.29, 0.717) is 25.3 Å². The van der Waals surface area contributed by atoms with Crippen LogP contribution in [0.15, 0.2) is 24.3 Å². The van der Waals surface area contributed by atoms with Crippen molar-refractivity contribution in [3.63, 3.8) is 0 Å². The van der Waals surface area contributed by atoms with Gasteiger partial charge in [-0.2, -0.15) is 0 Å². The topological polar surface area (TPSA) is 87.7 Å². The number of ether oxygens (including phenoxy) is 1. The van der Waals surface area contributed by atoms with Crippen LogP contribution < -0.4 is 15.4 Å². The van der Waals surface area contributed by atoms with E-state index >= 15 is 0 Å². The van der Waals surface area contributed by atoms with E-state index in [-0.39, 0.29) is 23.8 Å². The number of hydrogen-bond donors (Lipinski definition) is 2. The Morgan fingerprint density at radius 2 is 1.93 bits per heavy atom. The van der Waals surface area contributed by atoms with Gasteiger partial charge in [-0.25, -0.2) is 4.79 Å². The number of hydrogen-bond acceptors (Lipinski definition) is 4. The SMILES string of the molecule is COc1ccc(CNC(=O)CN2C(=O)N[C@]3(C[C@@H](C)CC(C)(C)C3)C2=O)cc1.